The minimum Gasteiger partial charge on any atom is -0.388 e. The quantitative estimate of drug-likeness (QED) is 0.641. The SMILES string of the molecule is Cc1ccc(C(=O)N[C@@H]2CO[C@H]3[C@@H]2OC[C@H]3O)c(=O)[nH]1. The zero-order valence-electron chi connectivity index (χ0n) is 11.0. The summed E-state index contributed by atoms with van der Waals surface area (Å²) in [6.07, 6.45) is -1.43. The van der Waals surface area contributed by atoms with E-state index >= 15 is 0 Å². The molecule has 7 nitrogen and oxygen atoms in total. The molecule has 3 rings (SSSR count). The molecule has 2 saturated heterocycles. The fraction of sp³-hybridized carbons (Fsp3) is 0.538. The summed E-state index contributed by atoms with van der Waals surface area (Å²) in [5.74, 6) is -0.467. The first-order valence-electron chi connectivity index (χ1n) is 6.48. The summed E-state index contributed by atoms with van der Waals surface area (Å²) in [6, 6.07) is 2.80. The summed E-state index contributed by atoms with van der Waals surface area (Å²) in [5, 5.41) is 12.4. The largest absolute Gasteiger partial charge is 0.388 e. The molecule has 108 valence electrons. The van der Waals surface area contributed by atoms with Crippen molar-refractivity contribution < 1.29 is 19.4 Å². The third-order valence-corrected chi connectivity index (χ3v) is 3.64. The first kappa shape index (κ1) is 13.3. The van der Waals surface area contributed by atoms with Crippen LogP contribution in [0.5, 0.6) is 0 Å². The number of fused-ring (bicyclic) bond motifs is 1. The van der Waals surface area contributed by atoms with Crippen LogP contribution < -0.4 is 10.9 Å². The number of rotatable bonds is 2. The van der Waals surface area contributed by atoms with Gasteiger partial charge < -0.3 is 24.9 Å². The van der Waals surface area contributed by atoms with E-state index < -0.39 is 23.7 Å². The van der Waals surface area contributed by atoms with Gasteiger partial charge in [-0.15, -0.1) is 0 Å². The zero-order chi connectivity index (χ0) is 14.3. The number of ether oxygens (including phenoxy) is 2. The Morgan fingerprint density at radius 1 is 1.35 bits per heavy atom. The summed E-state index contributed by atoms with van der Waals surface area (Å²) >= 11 is 0. The van der Waals surface area contributed by atoms with Gasteiger partial charge in [0.2, 0.25) is 0 Å². The van der Waals surface area contributed by atoms with E-state index in [0.29, 0.717) is 5.69 Å². The number of aliphatic hydroxyl groups excluding tert-OH is 1. The van der Waals surface area contributed by atoms with Crippen molar-refractivity contribution in [3.05, 3.63) is 33.7 Å². The lowest BCUT2D eigenvalue weighted by atomic mass is 10.1. The molecule has 0 saturated carbocycles. The lowest BCUT2D eigenvalue weighted by molar-refractivity contribution is 0.0178. The van der Waals surface area contributed by atoms with Crippen LogP contribution in [0.25, 0.3) is 0 Å². The molecule has 1 amide bonds. The number of carbonyl (C=O) groups is 1. The monoisotopic (exact) mass is 280 g/mol. The van der Waals surface area contributed by atoms with Gasteiger partial charge in [0.1, 0.15) is 23.9 Å². The molecule has 20 heavy (non-hydrogen) atoms. The molecule has 3 N–H and O–H groups in total. The second-order valence-electron chi connectivity index (χ2n) is 5.13. The second kappa shape index (κ2) is 5.01. The van der Waals surface area contributed by atoms with Crippen molar-refractivity contribution in [3.63, 3.8) is 0 Å². The minimum atomic E-state index is -0.662. The molecule has 0 radical (unpaired) electrons. The Bertz CT molecular complexity index is 584. The second-order valence-corrected chi connectivity index (χ2v) is 5.13. The van der Waals surface area contributed by atoms with Crippen LogP contribution in [-0.4, -0.2) is 53.6 Å². The van der Waals surface area contributed by atoms with Gasteiger partial charge in [0, 0.05) is 5.69 Å². The average molecular weight is 280 g/mol. The van der Waals surface area contributed by atoms with E-state index in [1.54, 1.807) is 13.0 Å². The van der Waals surface area contributed by atoms with Crippen LogP contribution in [0.4, 0.5) is 0 Å². The summed E-state index contributed by atoms with van der Waals surface area (Å²) in [4.78, 5) is 26.4. The van der Waals surface area contributed by atoms with Gasteiger partial charge in [0.15, 0.2) is 0 Å². The van der Waals surface area contributed by atoms with E-state index in [9.17, 15) is 14.7 Å². The molecule has 7 heteroatoms. The number of amides is 1. The van der Waals surface area contributed by atoms with E-state index in [0.717, 1.165) is 0 Å². The van der Waals surface area contributed by atoms with Gasteiger partial charge in [-0.1, -0.05) is 0 Å². The number of aliphatic hydroxyl groups is 1. The van der Waals surface area contributed by atoms with Crippen molar-refractivity contribution in [2.45, 2.75) is 31.3 Å². The molecule has 0 bridgehead atoms. The predicted molar refractivity (Wildman–Crippen MR) is 68.5 cm³/mol. The number of pyridine rings is 1. The first-order valence-corrected chi connectivity index (χ1v) is 6.48. The average Bonchev–Trinajstić information content (AvgIpc) is 2.94. The van der Waals surface area contributed by atoms with Gasteiger partial charge >= 0.3 is 0 Å². The molecule has 2 aliphatic rings. The third kappa shape index (κ3) is 2.24. The Morgan fingerprint density at radius 3 is 2.85 bits per heavy atom. The number of aromatic amines is 1. The maximum absolute atomic E-state index is 12.1. The van der Waals surface area contributed by atoms with Crippen molar-refractivity contribution >= 4 is 5.91 Å². The number of hydrogen-bond donors (Lipinski definition) is 3. The van der Waals surface area contributed by atoms with Crippen LogP contribution in [0.2, 0.25) is 0 Å². The molecular weight excluding hydrogens is 264 g/mol. The van der Waals surface area contributed by atoms with E-state index in [4.69, 9.17) is 9.47 Å². The predicted octanol–water partition coefficient (Wildman–Crippen LogP) is -1.06. The summed E-state index contributed by atoms with van der Waals surface area (Å²) in [6.45, 7) is 2.21. The van der Waals surface area contributed by atoms with Gasteiger partial charge in [-0.25, -0.2) is 0 Å². The lowest BCUT2D eigenvalue weighted by Crippen LogP contribution is -2.45. The Balaban J connectivity index is 1.72. The molecule has 1 aromatic rings. The first-order chi connectivity index (χ1) is 9.56. The van der Waals surface area contributed by atoms with Gasteiger partial charge in [0.25, 0.3) is 11.5 Å². The fourth-order valence-electron chi connectivity index (χ4n) is 2.60. The topological polar surface area (TPSA) is 101 Å². The third-order valence-electron chi connectivity index (χ3n) is 3.64. The van der Waals surface area contributed by atoms with Gasteiger partial charge in [0.05, 0.1) is 19.3 Å². The highest BCUT2D eigenvalue weighted by Crippen LogP contribution is 2.26. The number of hydrogen-bond acceptors (Lipinski definition) is 5. The van der Waals surface area contributed by atoms with Crippen molar-refractivity contribution in [1.82, 2.24) is 10.3 Å². The van der Waals surface area contributed by atoms with Crippen molar-refractivity contribution in [3.8, 4) is 0 Å². The highest BCUT2D eigenvalue weighted by Gasteiger charge is 2.47. The summed E-state index contributed by atoms with van der Waals surface area (Å²) in [5.41, 5.74) is 0.320. The Hall–Kier alpha value is -1.70. The smallest absolute Gasteiger partial charge is 0.260 e. The molecule has 0 spiro atoms. The van der Waals surface area contributed by atoms with Crippen LogP contribution in [0.3, 0.4) is 0 Å². The van der Waals surface area contributed by atoms with E-state index in [1.807, 2.05) is 0 Å². The molecule has 2 fully saturated rings. The molecule has 0 aliphatic carbocycles. The maximum atomic E-state index is 12.1. The number of carbonyl (C=O) groups excluding carboxylic acids is 1. The Kier molecular flexibility index (Phi) is 3.33. The molecule has 0 unspecified atom stereocenters. The van der Waals surface area contributed by atoms with Gasteiger partial charge in [-0.2, -0.15) is 0 Å². The Morgan fingerprint density at radius 2 is 2.10 bits per heavy atom. The van der Waals surface area contributed by atoms with Crippen LogP contribution >= 0.6 is 0 Å². The standard InChI is InChI=1S/C13H16N2O5/c1-6-2-3-7(12(17)14-6)13(18)15-8-4-19-11-9(16)5-20-10(8)11/h2-3,8-11,16H,4-5H2,1H3,(H,14,17)(H,15,18)/t8-,9-,10-,11-/m1/s1. The molecule has 1 aromatic heterocycles. The van der Waals surface area contributed by atoms with Crippen molar-refractivity contribution in [2.24, 2.45) is 0 Å². The van der Waals surface area contributed by atoms with Gasteiger partial charge in [-0.3, -0.25) is 9.59 Å². The molecular formula is C13H16N2O5. The molecule has 2 aliphatic heterocycles. The number of aryl methyl sites for hydroxylation is 1. The van der Waals surface area contributed by atoms with E-state index in [1.165, 1.54) is 6.07 Å². The normalized spacial score (nSPS) is 32.1. The van der Waals surface area contributed by atoms with Crippen LogP contribution in [-0.2, 0) is 9.47 Å². The zero-order valence-corrected chi connectivity index (χ0v) is 11.0. The minimum absolute atomic E-state index is 0.0533. The molecule has 0 aromatic carbocycles. The van der Waals surface area contributed by atoms with E-state index in [-0.39, 0.29) is 30.9 Å². The highest BCUT2D eigenvalue weighted by atomic mass is 16.6. The van der Waals surface area contributed by atoms with Crippen LogP contribution in [0.15, 0.2) is 16.9 Å². The van der Waals surface area contributed by atoms with E-state index in [2.05, 4.69) is 10.3 Å². The molecule has 3 heterocycles. The fourth-order valence-corrected chi connectivity index (χ4v) is 2.60. The Labute approximate surface area is 114 Å². The van der Waals surface area contributed by atoms with Crippen molar-refractivity contribution in [2.75, 3.05) is 13.2 Å². The number of nitrogens with one attached hydrogen (secondary N) is 2. The number of aromatic nitrogens is 1. The van der Waals surface area contributed by atoms with Crippen molar-refractivity contribution in [1.29, 1.82) is 0 Å². The van der Waals surface area contributed by atoms with Crippen LogP contribution in [0.1, 0.15) is 16.1 Å². The van der Waals surface area contributed by atoms with Crippen LogP contribution in [0, 0.1) is 6.92 Å². The molecule has 4 atom stereocenters. The number of H-pyrrole nitrogens is 1. The summed E-state index contributed by atoms with van der Waals surface area (Å²) < 4.78 is 10.8. The van der Waals surface area contributed by atoms with Gasteiger partial charge in [-0.05, 0) is 19.1 Å². The highest BCUT2D eigenvalue weighted by molar-refractivity contribution is 5.94. The lowest BCUT2D eigenvalue weighted by Gasteiger charge is -2.17. The maximum Gasteiger partial charge on any atom is 0.260 e. The summed E-state index contributed by atoms with van der Waals surface area (Å²) in [7, 11) is 0.